The molecule has 1 atom stereocenters. The molecule has 1 unspecified atom stereocenters. The van der Waals surface area contributed by atoms with Gasteiger partial charge in [-0.1, -0.05) is 66.7 Å². The summed E-state index contributed by atoms with van der Waals surface area (Å²) < 4.78 is 6.01. The van der Waals surface area contributed by atoms with Gasteiger partial charge in [-0.2, -0.15) is 0 Å². The zero-order valence-electron chi connectivity index (χ0n) is 19.0. The summed E-state index contributed by atoms with van der Waals surface area (Å²) in [6.07, 6.45) is -0.599. The number of benzene rings is 3. The van der Waals surface area contributed by atoms with Gasteiger partial charge in [0.25, 0.3) is 0 Å². The highest BCUT2D eigenvalue weighted by Gasteiger charge is 2.25. The van der Waals surface area contributed by atoms with E-state index in [1.807, 2.05) is 61.6 Å². The average Bonchev–Trinajstić information content (AvgIpc) is 2.78. The predicted molar refractivity (Wildman–Crippen MR) is 128 cm³/mol. The monoisotopic (exact) mass is 418 g/mol. The van der Waals surface area contributed by atoms with E-state index >= 15 is 0 Å². The Kier molecular flexibility index (Phi) is 7.72. The molecule has 3 rings (SSSR count). The van der Waals surface area contributed by atoms with Crippen molar-refractivity contribution in [1.29, 1.82) is 0 Å². The van der Waals surface area contributed by atoms with Crippen molar-refractivity contribution in [3.63, 3.8) is 0 Å². The summed E-state index contributed by atoms with van der Waals surface area (Å²) >= 11 is 0. The molecule has 3 aromatic rings. The molecule has 0 saturated heterocycles. The number of hydrogen-bond acceptors (Lipinski definition) is 4. The van der Waals surface area contributed by atoms with Gasteiger partial charge in [-0.15, -0.1) is 0 Å². The molecule has 0 heterocycles. The van der Waals surface area contributed by atoms with Gasteiger partial charge in [0.1, 0.15) is 12.4 Å². The fraction of sp³-hybridized carbons (Fsp3) is 0.333. The Labute approximate surface area is 186 Å². The average molecular weight is 419 g/mol. The first-order valence-electron chi connectivity index (χ1n) is 10.8. The maximum absolute atomic E-state index is 11.0. The number of nitrogens with zero attached hydrogens (tertiary/aromatic N) is 1. The van der Waals surface area contributed by atoms with Gasteiger partial charge in [0, 0.05) is 25.7 Å². The third kappa shape index (κ3) is 6.58. The van der Waals surface area contributed by atoms with E-state index in [9.17, 15) is 5.11 Å². The first-order valence-corrected chi connectivity index (χ1v) is 10.8. The van der Waals surface area contributed by atoms with E-state index in [1.165, 1.54) is 5.56 Å². The Bertz CT molecular complexity index is 936. The van der Waals surface area contributed by atoms with Crippen molar-refractivity contribution in [3.05, 3.63) is 95.6 Å². The number of rotatable bonds is 9. The number of ether oxygens (including phenoxy) is 1. The molecule has 0 aliphatic carbocycles. The Morgan fingerprint density at radius 1 is 0.903 bits per heavy atom. The van der Waals surface area contributed by atoms with Gasteiger partial charge in [-0.05, 0) is 49.6 Å². The van der Waals surface area contributed by atoms with E-state index in [1.54, 1.807) is 0 Å². The Balaban J connectivity index is 1.71. The predicted octanol–water partition coefficient (Wildman–Crippen LogP) is 5.64. The molecule has 164 valence electrons. The Morgan fingerprint density at radius 2 is 1.52 bits per heavy atom. The molecule has 0 amide bonds. The first-order chi connectivity index (χ1) is 14.9. The normalized spacial score (nSPS) is 12.6. The van der Waals surface area contributed by atoms with Gasteiger partial charge >= 0.3 is 0 Å². The van der Waals surface area contributed by atoms with Crippen molar-refractivity contribution in [2.75, 3.05) is 18.9 Å². The fourth-order valence-electron chi connectivity index (χ4n) is 3.50. The smallest absolute Gasteiger partial charge is 0.142 e. The molecule has 0 bridgehead atoms. The molecule has 0 aromatic heterocycles. The third-order valence-corrected chi connectivity index (χ3v) is 5.45. The first kappa shape index (κ1) is 22.9. The standard InChI is InChI=1S/C27H34N2O2/c1-27(2,3)29(18-21-11-7-5-8-12-21)19-25(30)23-15-16-26(24(17-23)28-4)31-20-22-13-9-6-10-14-22/h5-17,25,28,30H,18-20H2,1-4H3. The van der Waals surface area contributed by atoms with Crippen molar-refractivity contribution < 1.29 is 9.84 Å². The zero-order chi connectivity index (χ0) is 22.3. The molecule has 0 aliphatic rings. The minimum absolute atomic E-state index is 0.0681. The molecular formula is C27H34N2O2. The van der Waals surface area contributed by atoms with Gasteiger partial charge in [-0.25, -0.2) is 0 Å². The topological polar surface area (TPSA) is 44.7 Å². The molecule has 2 N–H and O–H groups in total. The lowest BCUT2D eigenvalue weighted by atomic mass is 10.0. The van der Waals surface area contributed by atoms with E-state index in [2.05, 4.69) is 55.3 Å². The molecule has 0 radical (unpaired) electrons. The summed E-state index contributed by atoms with van der Waals surface area (Å²) in [6, 6.07) is 26.4. The zero-order valence-corrected chi connectivity index (χ0v) is 19.0. The number of nitrogens with one attached hydrogen (secondary N) is 1. The lowest BCUT2D eigenvalue weighted by Gasteiger charge is -2.37. The molecule has 31 heavy (non-hydrogen) atoms. The fourth-order valence-corrected chi connectivity index (χ4v) is 3.50. The van der Waals surface area contributed by atoms with Crippen LogP contribution in [0.5, 0.6) is 5.75 Å². The maximum Gasteiger partial charge on any atom is 0.142 e. The second kappa shape index (κ2) is 10.5. The minimum atomic E-state index is -0.599. The second-order valence-electron chi connectivity index (χ2n) is 8.83. The summed E-state index contributed by atoms with van der Waals surface area (Å²) in [5, 5.41) is 14.2. The van der Waals surface area contributed by atoms with E-state index < -0.39 is 6.10 Å². The van der Waals surface area contributed by atoms with Gasteiger partial charge in [0.2, 0.25) is 0 Å². The van der Waals surface area contributed by atoms with Gasteiger partial charge in [0.15, 0.2) is 0 Å². The van der Waals surface area contributed by atoms with Crippen molar-refractivity contribution in [3.8, 4) is 5.75 Å². The SMILES string of the molecule is CNc1cc(C(O)CN(Cc2ccccc2)C(C)(C)C)ccc1OCc1ccccc1. The number of hydrogen-bond donors (Lipinski definition) is 2. The third-order valence-electron chi connectivity index (χ3n) is 5.45. The largest absolute Gasteiger partial charge is 0.487 e. The highest BCUT2D eigenvalue weighted by molar-refractivity contribution is 5.58. The highest BCUT2D eigenvalue weighted by atomic mass is 16.5. The van der Waals surface area contributed by atoms with E-state index in [0.717, 1.165) is 29.1 Å². The highest BCUT2D eigenvalue weighted by Crippen LogP contribution is 2.30. The molecule has 0 fully saturated rings. The second-order valence-corrected chi connectivity index (χ2v) is 8.83. The minimum Gasteiger partial charge on any atom is -0.487 e. The van der Waals surface area contributed by atoms with Crippen LogP contribution < -0.4 is 10.1 Å². The van der Waals surface area contributed by atoms with Crippen LogP contribution in [0.1, 0.15) is 43.6 Å². The maximum atomic E-state index is 11.0. The van der Waals surface area contributed by atoms with Crippen LogP contribution in [0.15, 0.2) is 78.9 Å². The number of aliphatic hydroxyl groups excluding tert-OH is 1. The summed E-state index contributed by atoms with van der Waals surface area (Å²) in [7, 11) is 1.87. The van der Waals surface area contributed by atoms with Crippen molar-refractivity contribution in [1.82, 2.24) is 4.90 Å². The van der Waals surface area contributed by atoms with Crippen LogP contribution in [-0.4, -0.2) is 29.1 Å². The van der Waals surface area contributed by atoms with Crippen LogP contribution in [-0.2, 0) is 13.2 Å². The summed E-state index contributed by atoms with van der Waals surface area (Å²) in [6.45, 7) is 8.39. The quantitative estimate of drug-likeness (QED) is 0.472. The lowest BCUT2D eigenvalue weighted by molar-refractivity contribution is 0.0523. The molecule has 0 aliphatic heterocycles. The van der Waals surface area contributed by atoms with Crippen LogP contribution in [0.3, 0.4) is 0 Å². The van der Waals surface area contributed by atoms with Gasteiger partial charge in [0.05, 0.1) is 11.8 Å². The van der Waals surface area contributed by atoms with Crippen LogP contribution in [0.25, 0.3) is 0 Å². The summed E-state index contributed by atoms with van der Waals surface area (Å²) in [5.74, 6) is 0.777. The number of β-amino-alcohol motifs (C(OH)–C–C–N with tert-alkyl or cyclic N) is 1. The number of aliphatic hydroxyl groups is 1. The Morgan fingerprint density at radius 3 is 2.10 bits per heavy atom. The lowest BCUT2D eigenvalue weighted by Crippen LogP contribution is -2.43. The van der Waals surface area contributed by atoms with E-state index in [0.29, 0.717) is 13.2 Å². The van der Waals surface area contributed by atoms with Gasteiger partial charge in [-0.3, -0.25) is 4.90 Å². The van der Waals surface area contributed by atoms with Crippen molar-refractivity contribution >= 4 is 5.69 Å². The Hall–Kier alpha value is -2.82. The van der Waals surface area contributed by atoms with E-state index in [4.69, 9.17) is 4.74 Å². The molecule has 4 heteroatoms. The van der Waals surface area contributed by atoms with Gasteiger partial charge < -0.3 is 15.2 Å². The van der Waals surface area contributed by atoms with E-state index in [-0.39, 0.29) is 5.54 Å². The summed E-state index contributed by atoms with van der Waals surface area (Å²) in [4.78, 5) is 2.31. The van der Waals surface area contributed by atoms with Crippen LogP contribution in [0.4, 0.5) is 5.69 Å². The number of anilines is 1. The molecule has 0 saturated carbocycles. The van der Waals surface area contributed by atoms with Crippen LogP contribution in [0, 0.1) is 0 Å². The van der Waals surface area contributed by atoms with Crippen molar-refractivity contribution in [2.24, 2.45) is 0 Å². The summed E-state index contributed by atoms with van der Waals surface area (Å²) in [5.41, 5.74) is 4.04. The molecular weight excluding hydrogens is 384 g/mol. The molecule has 3 aromatic carbocycles. The van der Waals surface area contributed by atoms with Crippen LogP contribution in [0.2, 0.25) is 0 Å². The van der Waals surface area contributed by atoms with Crippen molar-refractivity contribution in [2.45, 2.75) is 45.6 Å². The molecule has 0 spiro atoms. The van der Waals surface area contributed by atoms with Crippen LogP contribution >= 0.6 is 0 Å². The molecule has 4 nitrogen and oxygen atoms in total.